The Balaban J connectivity index is 1.74. The van der Waals surface area contributed by atoms with E-state index in [0.29, 0.717) is 5.69 Å². The number of aryl methyl sites for hydroxylation is 1. The fourth-order valence-electron chi connectivity index (χ4n) is 3.10. The highest BCUT2D eigenvalue weighted by Crippen LogP contribution is 2.23. The molecule has 0 fully saturated rings. The maximum Gasteiger partial charge on any atom is 0.355 e. The second kappa shape index (κ2) is 7.81. The largest absolute Gasteiger partial charge is 0.422 e. The Bertz CT molecular complexity index is 1470. The maximum absolute atomic E-state index is 13.2. The lowest BCUT2D eigenvalue weighted by molar-refractivity contribution is 0.102. The maximum atomic E-state index is 13.2. The van der Waals surface area contributed by atoms with E-state index in [9.17, 15) is 22.4 Å². The number of hydrogen-bond donors (Lipinski definition) is 1. The number of fused-ring (bicyclic) bond motifs is 1. The average Bonchev–Trinajstić information content (AvgIpc) is 2.73. The van der Waals surface area contributed by atoms with Crippen molar-refractivity contribution in [2.45, 2.75) is 16.7 Å². The molecule has 0 unspecified atom stereocenters. The number of benzene rings is 3. The van der Waals surface area contributed by atoms with Gasteiger partial charge < -0.3 is 9.73 Å². The van der Waals surface area contributed by atoms with Crippen LogP contribution < -0.4 is 10.9 Å². The minimum Gasteiger partial charge on any atom is -0.422 e. The van der Waals surface area contributed by atoms with Crippen LogP contribution in [-0.4, -0.2) is 14.3 Å². The minimum absolute atomic E-state index is 0.134. The lowest BCUT2D eigenvalue weighted by Crippen LogP contribution is -2.15. The summed E-state index contributed by atoms with van der Waals surface area (Å²) in [6, 6.07) is 16.9. The number of nitrogens with one attached hydrogen (secondary N) is 1. The number of rotatable bonds is 4. The molecule has 0 atom stereocenters. The fourth-order valence-corrected chi connectivity index (χ4v) is 4.39. The van der Waals surface area contributed by atoms with Crippen molar-refractivity contribution in [3.05, 3.63) is 100 Å². The Morgan fingerprint density at radius 1 is 0.968 bits per heavy atom. The zero-order valence-corrected chi connectivity index (χ0v) is 17.1. The van der Waals surface area contributed by atoms with E-state index in [0.717, 1.165) is 35.9 Å². The summed E-state index contributed by atoms with van der Waals surface area (Å²) in [6.45, 7) is 1.90. The molecule has 1 aromatic heterocycles. The van der Waals surface area contributed by atoms with Gasteiger partial charge in [0.05, 0.1) is 4.90 Å². The third kappa shape index (κ3) is 4.10. The van der Waals surface area contributed by atoms with E-state index in [1.54, 1.807) is 6.07 Å². The third-order valence-corrected chi connectivity index (χ3v) is 6.41. The number of anilines is 1. The molecule has 4 aromatic rings. The second-order valence-corrected chi connectivity index (χ2v) is 8.85. The molecule has 1 heterocycles. The highest BCUT2D eigenvalue weighted by atomic mass is 32.2. The van der Waals surface area contributed by atoms with Crippen LogP contribution in [0.1, 0.15) is 15.9 Å². The second-order valence-electron chi connectivity index (χ2n) is 6.93. The van der Waals surface area contributed by atoms with Crippen molar-refractivity contribution < 1.29 is 22.0 Å². The Morgan fingerprint density at radius 2 is 1.71 bits per heavy atom. The van der Waals surface area contributed by atoms with Crippen molar-refractivity contribution in [3.8, 4) is 0 Å². The Labute approximate surface area is 176 Å². The normalized spacial score (nSPS) is 11.4. The lowest BCUT2D eigenvalue weighted by Gasteiger charge is -2.08. The first-order chi connectivity index (χ1) is 14.7. The summed E-state index contributed by atoms with van der Waals surface area (Å²) in [4.78, 5) is 24.1. The molecule has 0 spiro atoms. The molecular weight excluding hydrogens is 421 g/mol. The summed E-state index contributed by atoms with van der Waals surface area (Å²) in [5.41, 5.74) is 0.940. The van der Waals surface area contributed by atoms with Gasteiger partial charge in [0.1, 0.15) is 11.4 Å². The highest BCUT2D eigenvalue weighted by Gasteiger charge is 2.23. The van der Waals surface area contributed by atoms with Gasteiger partial charge in [0.25, 0.3) is 5.91 Å². The number of halogens is 1. The first-order valence-electron chi connectivity index (χ1n) is 9.21. The van der Waals surface area contributed by atoms with Crippen LogP contribution in [0, 0.1) is 12.7 Å². The van der Waals surface area contributed by atoms with Crippen LogP contribution in [0.3, 0.4) is 0 Å². The molecule has 0 radical (unpaired) electrons. The molecule has 6 nitrogen and oxygen atoms in total. The molecule has 1 N–H and O–H groups in total. The molecule has 0 aliphatic heterocycles. The number of hydrogen-bond acceptors (Lipinski definition) is 5. The van der Waals surface area contributed by atoms with Crippen molar-refractivity contribution in [1.82, 2.24) is 0 Å². The van der Waals surface area contributed by atoms with E-state index in [1.165, 1.54) is 18.2 Å². The topological polar surface area (TPSA) is 93.4 Å². The van der Waals surface area contributed by atoms with Crippen molar-refractivity contribution >= 4 is 32.4 Å². The van der Waals surface area contributed by atoms with Gasteiger partial charge in [-0.1, -0.05) is 12.1 Å². The Morgan fingerprint density at radius 3 is 2.42 bits per heavy atom. The smallest absolute Gasteiger partial charge is 0.355 e. The van der Waals surface area contributed by atoms with E-state index in [-0.39, 0.29) is 21.4 Å². The number of amides is 1. The zero-order chi connectivity index (χ0) is 22.2. The molecular formula is C23H16FNO5S. The molecule has 156 valence electrons. The zero-order valence-electron chi connectivity index (χ0n) is 16.3. The van der Waals surface area contributed by atoms with Gasteiger partial charge in [-0.25, -0.2) is 17.6 Å². The van der Waals surface area contributed by atoms with Crippen LogP contribution in [-0.2, 0) is 9.84 Å². The molecule has 1 amide bonds. The Hall–Kier alpha value is -3.78. The first-order valence-corrected chi connectivity index (χ1v) is 10.7. The fraction of sp³-hybridized carbons (Fsp3) is 0.0435. The van der Waals surface area contributed by atoms with Gasteiger partial charge in [-0.3, -0.25) is 4.79 Å². The van der Waals surface area contributed by atoms with Gasteiger partial charge in [0.15, 0.2) is 4.90 Å². The SMILES string of the molecule is Cc1cccc(NC(=O)c2ccc3oc(=O)c(S(=O)(=O)c4ccc(F)cc4)cc3c2)c1. The standard InChI is InChI=1S/C23H16FNO5S/c1-14-3-2-4-18(11-14)25-22(26)15-5-10-20-16(12-15)13-21(23(27)30-20)31(28,29)19-8-6-17(24)7-9-19/h2-13H,1H3,(H,25,26). The van der Waals surface area contributed by atoms with Crippen LogP contribution in [0.15, 0.2) is 91.8 Å². The number of sulfone groups is 1. The van der Waals surface area contributed by atoms with E-state index in [1.807, 2.05) is 25.1 Å². The molecule has 3 aromatic carbocycles. The third-order valence-electron chi connectivity index (χ3n) is 4.65. The molecule has 0 aliphatic rings. The first kappa shape index (κ1) is 20.5. The summed E-state index contributed by atoms with van der Waals surface area (Å²) in [6.07, 6.45) is 0. The van der Waals surface area contributed by atoms with Crippen LogP contribution in [0.25, 0.3) is 11.0 Å². The summed E-state index contributed by atoms with van der Waals surface area (Å²) in [7, 11) is -4.24. The highest BCUT2D eigenvalue weighted by molar-refractivity contribution is 7.91. The summed E-state index contributed by atoms with van der Waals surface area (Å²) in [5.74, 6) is -1.00. The number of carbonyl (C=O) groups excluding carboxylic acids is 1. The summed E-state index contributed by atoms with van der Waals surface area (Å²) in [5, 5.41) is 3.03. The van der Waals surface area contributed by atoms with Gasteiger partial charge in [0, 0.05) is 16.6 Å². The van der Waals surface area contributed by atoms with Crippen LogP contribution in [0.5, 0.6) is 0 Å². The van der Waals surface area contributed by atoms with Gasteiger partial charge in [-0.2, -0.15) is 0 Å². The Kier molecular flexibility index (Phi) is 5.16. The van der Waals surface area contributed by atoms with E-state index in [2.05, 4.69) is 5.32 Å². The number of carbonyl (C=O) groups is 1. The van der Waals surface area contributed by atoms with Crippen LogP contribution in [0.2, 0.25) is 0 Å². The van der Waals surface area contributed by atoms with Gasteiger partial charge >= 0.3 is 5.63 Å². The van der Waals surface area contributed by atoms with E-state index in [4.69, 9.17) is 4.42 Å². The van der Waals surface area contributed by atoms with Gasteiger partial charge in [-0.15, -0.1) is 0 Å². The monoisotopic (exact) mass is 437 g/mol. The van der Waals surface area contributed by atoms with Gasteiger partial charge in [-0.05, 0) is 73.2 Å². The molecule has 0 saturated heterocycles. The molecule has 31 heavy (non-hydrogen) atoms. The summed E-state index contributed by atoms with van der Waals surface area (Å²) >= 11 is 0. The van der Waals surface area contributed by atoms with Crippen LogP contribution >= 0.6 is 0 Å². The molecule has 4 rings (SSSR count). The van der Waals surface area contributed by atoms with E-state index < -0.39 is 32.1 Å². The van der Waals surface area contributed by atoms with Crippen LogP contribution in [0.4, 0.5) is 10.1 Å². The molecule has 0 aliphatic carbocycles. The molecule has 0 bridgehead atoms. The van der Waals surface area contributed by atoms with Crippen molar-refractivity contribution in [1.29, 1.82) is 0 Å². The van der Waals surface area contributed by atoms with Crippen molar-refractivity contribution in [2.75, 3.05) is 5.32 Å². The summed E-state index contributed by atoms with van der Waals surface area (Å²) < 4.78 is 44.0. The quantitative estimate of drug-likeness (QED) is 0.379. The molecule has 8 heteroatoms. The lowest BCUT2D eigenvalue weighted by atomic mass is 10.1. The van der Waals surface area contributed by atoms with E-state index >= 15 is 0 Å². The van der Waals surface area contributed by atoms with Gasteiger partial charge in [0.2, 0.25) is 9.84 Å². The van der Waals surface area contributed by atoms with Crippen molar-refractivity contribution in [2.24, 2.45) is 0 Å². The predicted octanol–water partition coefficient (Wildman–Crippen LogP) is 4.33. The van der Waals surface area contributed by atoms with Crippen molar-refractivity contribution in [3.63, 3.8) is 0 Å². The predicted molar refractivity (Wildman–Crippen MR) is 113 cm³/mol. The molecule has 0 saturated carbocycles. The minimum atomic E-state index is -4.24. The average molecular weight is 437 g/mol.